The predicted molar refractivity (Wildman–Crippen MR) is 82.8 cm³/mol. The lowest BCUT2D eigenvalue weighted by molar-refractivity contribution is 0.130. The molecule has 1 rings (SSSR count). The standard InChI is InChI=1S/C16H30N2O2/c1-6-17-10-16-14(4)9-15(20-16)12-18(7-8-19-5)11-13(2)3/h9,13,17H,6-8,10-12H2,1-5H3. The highest BCUT2D eigenvalue weighted by molar-refractivity contribution is 5.20. The third-order valence-electron chi connectivity index (χ3n) is 3.22. The van der Waals surface area contributed by atoms with Crippen molar-refractivity contribution in [3.63, 3.8) is 0 Å². The average Bonchev–Trinajstić information content (AvgIpc) is 2.73. The Balaban J connectivity index is 2.62. The Labute approximate surface area is 123 Å². The van der Waals surface area contributed by atoms with Crippen LogP contribution in [0.2, 0.25) is 0 Å². The van der Waals surface area contributed by atoms with Crippen molar-refractivity contribution in [3.8, 4) is 0 Å². The van der Waals surface area contributed by atoms with Crippen LogP contribution in [0.25, 0.3) is 0 Å². The zero-order valence-electron chi connectivity index (χ0n) is 13.7. The van der Waals surface area contributed by atoms with Gasteiger partial charge in [0, 0.05) is 20.2 Å². The van der Waals surface area contributed by atoms with Crippen molar-refractivity contribution in [1.29, 1.82) is 0 Å². The van der Waals surface area contributed by atoms with Crippen LogP contribution in [0, 0.1) is 12.8 Å². The summed E-state index contributed by atoms with van der Waals surface area (Å²) in [5.74, 6) is 2.74. The van der Waals surface area contributed by atoms with Crippen LogP contribution in [0.1, 0.15) is 37.9 Å². The second-order valence-electron chi connectivity index (χ2n) is 5.72. The quantitative estimate of drug-likeness (QED) is 0.716. The molecular weight excluding hydrogens is 252 g/mol. The lowest BCUT2D eigenvalue weighted by atomic mass is 10.2. The number of nitrogens with one attached hydrogen (secondary N) is 1. The number of hydrogen-bond donors (Lipinski definition) is 1. The molecule has 0 fully saturated rings. The summed E-state index contributed by atoms with van der Waals surface area (Å²) in [6.45, 7) is 14.1. The molecule has 116 valence electrons. The van der Waals surface area contributed by atoms with Gasteiger partial charge in [0.15, 0.2) is 0 Å². The second kappa shape index (κ2) is 9.16. The van der Waals surface area contributed by atoms with Crippen molar-refractivity contribution in [1.82, 2.24) is 10.2 Å². The Morgan fingerprint density at radius 3 is 2.75 bits per heavy atom. The number of ether oxygens (including phenoxy) is 1. The number of hydrogen-bond acceptors (Lipinski definition) is 4. The van der Waals surface area contributed by atoms with Crippen molar-refractivity contribution >= 4 is 0 Å². The summed E-state index contributed by atoms with van der Waals surface area (Å²) in [6, 6.07) is 2.16. The minimum atomic E-state index is 0.643. The molecule has 0 aliphatic carbocycles. The maximum atomic E-state index is 5.96. The first-order valence-electron chi connectivity index (χ1n) is 7.57. The highest BCUT2D eigenvalue weighted by Gasteiger charge is 2.13. The van der Waals surface area contributed by atoms with Crippen molar-refractivity contribution in [2.45, 2.75) is 40.8 Å². The molecule has 20 heavy (non-hydrogen) atoms. The molecule has 1 heterocycles. The zero-order valence-corrected chi connectivity index (χ0v) is 13.7. The summed E-state index contributed by atoms with van der Waals surface area (Å²) in [6.07, 6.45) is 0. The molecule has 0 bridgehead atoms. The first-order valence-corrected chi connectivity index (χ1v) is 7.57. The molecule has 0 aliphatic rings. The fourth-order valence-electron chi connectivity index (χ4n) is 2.27. The van der Waals surface area contributed by atoms with E-state index in [9.17, 15) is 0 Å². The molecule has 4 heteroatoms. The smallest absolute Gasteiger partial charge is 0.120 e. The van der Waals surface area contributed by atoms with E-state index in [2.05, 4.69) is 44.0 Å². The molecule has 0 saturated carbocycles. The molecule has 0 saturated heterocycles. The fraction of sp³-hybridized carbons (Fsp3) is 0.750. The van der Waals surface area contributed by atoms with Gasteiger partial charge in [-0.05, 0) is 31.0 Å². The normalized spacial score (nSPS) is 11.8. The zero-order chi connectivity index (χ0) is 15.0. The van der Waals surface area contributed by atoms with E-state index in [1.54, 1.807) is 7.11 Å². The number of furan rings is 1. The van der Waals surface area contributed by atoms with E-state index < -0.39 is 0 Å². The van der Waals surface area contributed by atoms with Crippen molar-refractivity contribution in [2.75, 3.05) is 33.4 Å². The molecule has 4 nitrogen and oxygen atoms in total. The minimum Gasteiger partial charge on any atom is -0.463 e. The van der Waals surface area contributed by atoms with Gasteiger partial charge in [-0.2, -0.15) is 0 Å². The van der Waals surface area contributed by atoms with Crippen LogP contribution in [-0.4, -0.2) is 38.3 Å². The summed E-state index contributed by atoms with van der Waals surface area (Å²) < 4.78 is 11.2. The number of nitrogens with zero attached hydrogens (tertiary/aromatic N) is 1. The minimum absolute atomic E-state index is 0.643. The van der Waals surface area contributed by atoms with Crippen LogP contribution >= 0.6 is 0 Å². The Morgan fingerprint density at radius 1 is 1.40 bits per heavy atom. The van der Waals surface area contributed by atoms with Gasteiger partial charge in [0.2, 0.25) is 0 Å². The summed E-state index contributed by atoms with van der Waals surface area (Å²) in [5, 5.41) is 3.31. The summed E-state index contributed by atoms with van der Waals surface area (Å²) in [7, 11) is 1.75. The first-order chi connectivity index (χ1) is 9.56. The van der Waals surface area contributed by atoms with Gasteiger partial charge in [0.1, 0.15) is 11.5 Å². The molecule has 0 atom stereocenters. The Hall–Kier alpha value is -0.840. The van der Waals surface area contributed by atoms with Gasteiger partial charge in [-0.25, -0.2) is 0 Å². The highest BCUT2D eigenvalue weighted by atomic mass is 16.5. The van der Waals surface area contributed by atoms with Gasteiger partial charge in [-0.15, -0.1) is 0 Å². The lowest BCUT2D eigenvalue weighted by Crippen LogP contribution is -2.30. The average molecular weight is 282 g/mol. The predicted octanol–water partition coefficient (Wildman–Crippen LogP) is 2.80. The Kier molecular flexibility index (Phi) is 7.88. The van der Waals surface area contributed by atoms with Crippen molar-refractivity contribution < 1.29 is 9.15 Å². The molecule has 1 aromatic heterocycles. The van der Waals surface area contributed by atoms with Gasteiger partial charge in [-0.1, -0.05) is 20.8 Å². The van der Waals surface area contributed by atoms with Crippen LogP contribution in [-0.2, 0) is 17.8 Å². The summed E-state index contributed by atoms with van der Waals surface area (Å²) in [5.41, 5.74) is 1.23. The summed E-state index contributed by atoms with van der Waals surface area (Å²) >= 11 is 0. The Bertz CT molecular complexity index is 375. The van der Waals surface area contributed by atoms with Gasteiger partial charge in [0.25, 0.3) is 0 Å². The van der Waals surface area contributed by atoms with Gasteiger partial charge < -0.3 is 14.5 Å². The molecule has 0 aliphatic heterocycles. The maximum absolute atomic E-state index is 5.96. The number of rotatable bonds is 10. The van der Waals surface area contributed by atoms with E-state index in [1.165, 1.54) is 5.56 Å². The van der Waals surface area contributed by atoms with Crippen molar-refractivity contribution in [2.24, 2.45) is 5.92 Å². The second-order valence-corrected chi connectivity index (χ2v) is 5.72. The maximum Gasteiger partial charge on any atom is 0.120 e. The van der Waals surface area contributed by atoms with E-state index in [4.69, 9.17) is 9.15 Å². The van der Waals surface area contributed by atoms with Crippen LogP contribution < -0.4 is 5.32 Å². The van der Waals surface area contributed by atoms with E-state index in [-0.39, 0.29) is 0 Å². The van der Waals surface area contributed by atoms with Gasteiger partial charge in [0.05, 0.1) is 19.7 Å². The number of methoxy groups -OCH3 is 1. The molecule has 0 unspecified atom stereocenters. The lowest BCUT2D eigenvalue weighted by Gasteiger charge is -2.22. The van der Waals surface area contributed by atoms with E-state index >= 15 is 0 Å². The Morgan fingerprint density at radius 2 is 2.15 bits per heavy atom. The van der Waals surface area contributed by atoms with Gasteiger partial charge in [-0.3, -0.25) is 4.90 Å². The molecule has 1 N–H and O–H groups in total. The molecule has 1 aromatic rings. The largest absolute Gasteiger partial charge is 0.463 e. The molecule has 0 aromatic carbocycles. The third kappa shape index (κ3) is 6.07. The molecule has 0 radical (unpaired) electrons. The SMILES string of the molecule is CCNCc1oc(CN(CCOC)CC(C)C)cc1C. The fourth-order valence-corrected chi connectivity index (χ4v) is 2.27. The van der Waals surface area contributed by atoms with Crippen LogP contribution in [0.4, 0.5) is 0 Å². The van der Waals surface area contributed by atoms with Crippen LogP contribution in [0.5, 0.6) is 0 Å². The summed E-state index contributed by atoms with van der Waals surface area (Å²) in [4.78, 5) is 2.39. The van der Waals surface area contributed by atoms with Crippen LogP contribution in [0.3, 0.4) is 0 Å². The third-order valence-corrected chi connectivity index (χ3v) is 3.22. The van der Waals surface area contributed by atoms with E-state index in [0.29, 0.717) is 5.92 Å². The molecule has 0 spiro atoms. The van der Waals surface area contributed by atoms with E-state index in [1.807, 2.05) is 0 Å². The molecule has 0 amide bonds. The van der Waals surface area contributed by atoms with E-state index in [0.717, 1.165) is 50.9 Å². The van der Waals surface area contributed by atoms with Crippen molar-refractivity contribution in [3.05, 3.63) is 23.2 Å². The highest BCUT2D eigenvalue weighted by Crippen LogP contribution is 2.17. The first kappa shape index (κ1) is 17.2. The number of aryl methyl sites for hydroxylation is 1. The van der Waals surface area contributed by atoms with Crippen LogP contribution in [0.15, 0.2) is 10.5 Å². The molecular formula is C16H30N2O2. The van der Waals surface area contributed by atoms with Gasteiger partial charge >= 0.3 is 0 Å². The monoisotopic (exact) mass is 282 g/mol. The topological polar surface area (TPSA) is 37.6 Å².